The third-order valence-electron chi connectivity index (χ3n) is 9.07. The summed E-state index contributed by atoms with van der Waals surface area (Å²) in [6, 6.07) is 19.1. The van der Waals surface area contributed by atoms with Crippen LogP contribution in [0.25, 0.3) is 11.0 Å². The number of piperazine rings is 1. The molecule has 3 heterocycles. The fraction of sp³-hybridized carbons (Fsp3) is 0.394. The Hall–Kier alpha value is -3.64. The average Bonchev–Trinajstić information content (AvgIpc) is 3.65. The van der Waals surface area contributed by atoms with Gasteiger partial charge < -0.3 is 9.64 Å². The van der Waals surface area contributed by atoms with E-state index in [0.29, 0.717) is 35.5 Å². The van der Waals surface area contributed by atoms with E-state index in [9.17, 15) is 18.0 Å². The molecular formula is C33H38ClN5O5S. The van der Waals surface area contributed by atoms with Gasteiger partial charge in [0.2, 0.25) is 0 Å². The van der Waals surface area contributed by atoms with Gasteiger partial charge in [-0.05, 0) is 68.3 Å². The number of likely N-dealkylation sites (tertiary alicyclic amines) is 1. The van der Waals surface area contributed by atoms with Crippen LogP contribution in [0.1, 0.15) is 31.9 Å². The first-order valence-corrected chi connectivity index (χ1v) is 17.1. The molecule has 2 aliphatic rings. The smallest absolute Gasteiger partial charge is 0.344 e. The van der Waals surface area contributed by atoms with Crippen molar-refractivity contribution in [1.29, 1.82) is 0 Å². The van der Waals surface area contributed by atoms with E-state index in [-0.39, 0.29) is 27.9 Å². The minimum atomic E-state index is -4.36. The van der Waals surface area contributed by atoms with Gasteiger partial charge in [-0.3, -0.25) is 19.2 Å². The summed E-state index contributed by atoms with van der Waals surface area (Å²) in [5.41, 5.74) is 0.133. The molecule has 2 fully saturated rings. The summed E-state index contributed by atoms with van der Waals surface area (Å²) in [5.74, 6) is 0.225. The Morgan fingerprint density at radius 2 is 1.60 bits per heavy atom. The number of methoxy groups -OCH3 is 1. The molecule has 0 aliphatic carbocycles. The minimum absolute atomic E-state index is 0.0815. The lowest BCUT2D eigenvalue weighted by Gasteiger charge is -2.39. The molecule has 0 saturated carbocycles. The minimum Gasteiger partial charge on any atom is -0.497 e. The van der Waals surface area contributed by atoms with E-state index in [2.05, 4.69) is 23.6 Å². The quantitative estimate of drug-likeness (QED) is 0.285. The molecular weight excluding hydrogens is 614 g/mol. The zero-order chi connectivity index (χ0) is 31.9. The van der Waals surface area contributed by atoms with Crippen LogP contribution >= 0.6 is 11.6 Å². The fourth-order valence-corrected chi connectivity index (χ4v) is 8.13. The predicted octanol–water partition coefficient (Wildman–Crippen LogP) is 3.92. The highest BCUT2D eigenvalue weighted by molar-refractivity contribution is 7.90. The highest BCUT2D eigenvalue weighted by Gasteiger charge is 2.38. The zero-order valence-electron chi connectivity index (χ0n) is 25.7. The molecule has 0 N–H and O–H groups in total. The topological polar surface area (TPSA) is 97.1 Å². The molecule has 2 aliphatic heterocycles. The number of aromatic nitrogens is 2. The molecule has 2 saturated heterocycles. The molecule has 1 amide bonds. The van der Waals surface area contributed by atoms with E-state index >= 15 is 0 Å². The van der Waals surface area contributed by atoms with Gasteiger partial charge in [0.1, 0.15) is 11.8 Å². The Balaban J connectivity index is 1.41. The number of hydrogen-bond acceptors (Lipinski definition) is 7. The molecule has 2 atom stereocenters. The highest BCUT2D eigenvalue weighted by Crippen LogP contribution is 2.31. The lowest BCUT2D eigenvalue weighted by molar-refractivity contribution is -0.132. The Kier molecular flexibility index (Phi) is 8.80. The largest absolute Gasteiger partial charge is 0.497 e. The van der Waals surface area contributed by atoms with Crippen LogP contribution in [0.5, 0.6) is 5.75 Å². The molecule has 3 aromatic carbocycles. The molecule has 12 heteroatoms. The van der Waals surface area contributed by atoms with E-state index in [1.807, 2.05) is 23.1 Å². The fourth-order valence-electron chi connectivity index (χ4n) is 6.57. The van der Waals surface area contributed by atoms with E-state index in [1.54, 1.807) is 18.2 Å². The van der Waals surface area contributed by atoms with E-state index in [0.717, 1.165) is 36.6 Å². The van der Waals surface area contributed by atoms with Crippen LogP contribution in [0.2, 0.25) is 5.02 Å². The summed E-state index contributed by atoms with van der Waals surface area (Å²) in [6.45, 7) is 9.40. The maximum Gasteiger partial charge on any atom is 0.344 e. The van der Waals surface area contributed by atoms with Gasteiger partial charge in [-0.1, -0.05) is 41.9 Å². The molecule has 4 aromatic rings. The summed E-state index contributed by atoms with van der Waals surface area (Å²) >= 11 is 6.42. The second-order valence-corrected chi connectivity index (χ2v) is 14.2. The Morgan fingerprint density at radius 3 is 2.24 bits per heavy atom. The van der Waals surface area contributed by atoms with Crippen LogP contribution in [-0.4, -0.2) is 96.0 Å². The van der Waals surface area contributed by atoms with E-state index < -0.39 is 21.8 Å². The van der Waals surface area contributed by atoms with Gasteiger partial charge in [0.25, 0.3) is 15.9 Å². The van der Waals surface area contributed by atoms with Crippen LogP contribution in [0.15, 0.2) is 82.5 Å². The summed E-state index contributed by atoms with van der Waals surface area (Å²) in [5, 5.41) is 0.316. The first-order valence-electron chi connectivity index (χ1n) is 15.2. The van der Waals surface area contributed by atoms with Crippen molar-refractivity contribution in [3.8, 4) is 5.75 Å². The van der Waals surface area contributed by atoms with Crippen molar-refractivity contribution in [2.45, 2.75) is 43.3 Å². The van der Waals surface area contributed by atoms with Crippen molar-refractivity contribution < 1.29 is 17.9 Å². The number of benzene rings is 3. The first kappa shape index (κ1) is 31.3. The number of carbonyl (C=O) groups excluding carboxylic acids is 1. The molecule has 0 bridgehead atoms. The van der Waals surface area contributed by atoms with Gasteiger partial charge >= 0.3 is 5.69 Å². The lowest BCUT2D eigenvalue weighted by Crippen LogP contribution is -2.53. The van der Waals surface area contributed by atoms with Gasteiger partial charge in [0.05, 0.1) is 23.0 Å². The van der Waals surface area contributed by atoms with Gasteiger partial charge in [0.15, 0.2) is 0 Å². The maximum absolute atomic E-state index is 14.5. The second kappa shape index (κ2) is 12.6. The highest BCUT2D eigenvalue weighted by atomic mass is 35.5. The standard InChI is InChI=1S/C33H38ClN5O5S/c1-23(2)35-17-19-36(20-18-35)26-15-16-37(22-26)32(40)31(24-7-5-4-6-8-24)38-30-21-25(34)9-14-29(30)39(33(38)41)45(42,43)28-12-10-27(44-3)11-13-28/h4-14,21,23,26,31H,15-20,22H2,1-3H3/t26-,31?/m0/s1. The van der Waals surface area contributed by atoms with Gasteiger partial charge in [-0.25, -0.2) is 13.2 Å². The normalized spacial score (nSPS) is 19.0. The Labute approximate surface area is 268 Å². The van der Waals surface area contributed by atoms with Crippen molar-refractivity contribution >= 4 is 38.6 Å². The van der Waals surface area contributed by atoms with E-state index in [4.69, 9.17) is 16.3 Å². The summed E-state index contributed by atoms with van der Waals surface area (Å²) in [7, 11) is -2.87. The molecule has 1 aromatic heterocycles. The van der Waals surface area contributed by atoms with Crippen LogP contribution in [0.4, 0.5) is 0 Å². The van der Waals surface area contributed by atoms with Crippen LogP contribution in [0, 0.1) is 0 Å². The van der Waals surface area contributed by atoms with Crippen molar-refractivity contribution in [3.63, 3.8) is 0 Å². The van der Waals surface area contributed by atoms with Crippen LogP contribution in [0.3, 0.4) is 0 Å². The lowest BCUT2D eigenvalue weighted by atomic mass is 10.0. The van der Waals surface area contributed by atoms with Crippen molar-refractivity contribution in [2.75, 3.05) is 46.4 Å². The second-order valence-electron chi connectivity index (χ2n) is 11.9. The summed E-state index contributed by atoms with van der Waals surface area (Å²) in [4.78, 5) is 35.6. The van der Waals surface area contributed by atoms with Gasteiger partial charge in [-0.2, -0.15) is 3.97 Å². The zero-order valence-corrected chi connectivity index (χ0v) is 27.2. The third-order valence-corrected chi connectivity index (χ3v) is 11.0. The van der Waals surface area contributed by atoms with Crippen LogP contribution < -0.4 is 10.4 Å². The molecule has 1 unspecified atom stereocenters. The summed E-state index contributed by atoms with van der Waals surface area (Å²) < 4.78 is 35.3. The average molecular weight is 652 g/mol. The van der Waals surface area contributed by atoms with Crippen molar-refractivity contribution in [1.82, 2.24) is 23.2 Å². The summed E-state index contributed by atoms with van der Waals surface area (Å²) in [6.07, 6.45) is 0.837. The van der Waals surface area contributed by atoms with E-state index in [1.165, 1.54) is 48.1 Å². The third kappa shape index (κ3) is 5.90. The number of imidazole rings is 1. The number of fused-ring (bicyclic) bond motifs is 1. The molecule has 6 rings (SSSR count). The van der Waals surface area contributed by atoms with Gasteiger partial charge in [-0.15, -0.1) is 0 Å². The molecule has 238 valence electrons. The first-order chi connectivity index (χ1) is 21.6. The van der Waals surface area contributed by atoms with Crippen LogP contribution in [-0.2, 0) is 14.8 Å². The molecule has 10 nitrogen and oxygen atoms in total. The Morgan fingerprint density at radius 1 is 0.911 bits per heavy atom. The van der Waals surface area contributed by atoms with Crippen molar-refractivity contribution in [2.24, 2.45) is 0 Å². The molecule has 0 radical (unpaired) electrons. The van der Waals surface area contributed by atoms with Gasteiger partial charge in [0, 0.05) is 56.4 Å². The van der Waals surface area contributed by atoms with Crippen molar-refractivity contribution in [3.05, 3.63) is 93.9 Å². The number of carbonyl (C=O) groups is 1. The number of rotatable bonds is 8. The maximum atomic E-state index is 14.5. The molecule has 45 heavy (non-hydrogen) atoms. The number of ether oxygens (including phenoxy) is 1. The number of halogens is 1. The number of nitrogens with zero attached hydrogens (tertiary/aromatic N) is 5. The monoisotopic (exact) mass is 651 g/mol. The predicted molar refractivity (Wildman–Crippen MR) is 175 cm³/mol. The molecule has 0 spiro atoms. The Bertz CT molecular complexity index is 1850. The number of hydrogen-bond donors (Lipinski definition) is 0. The number of amides is 1. The SMILES string of the molecule is COc1ccc(S(=O)(=O)n2c(=O)n(C(C(=O)N3CC[C@H](N4CCN(C(C)C)CC4)C3)c3ccccc3)c3cc(Cl)ccc32)cc1.